The number of rotatable bonds is 5. The molecule has 2 amide bonds. The number of amides is 2. The Balaban J connectivity index is 1.51. The quantitative estimate of drug-likeness (QED) is 0.622. The van der Waals surface area contributed by atoms with Gasteiger partial charge in [-0.3, -0.25) is 4.79 Å². The van der Waals surface area contributed by atoms with Gasteiger partial charge in [0.05, 0.1) is 11.4 Å². The molecule has 2 aliphatic heterocycles. The third kappa shape index (κ3) is 6.71. The summed E-state index contributed by atoms with van der Waals surface area (Å²) in [7, 11) is -3.74. The number of halogens is 1. The minimum Gasteiger partial charge on any atom is -0.444 e. The topological polar surface area (TPSA) is 87.2 Å². The Morgan fingerprint density at radius 2 is 1.76 bits per heavy atom. The van der Waals surface area contributed by atoms with Crippen LogP contribution in [0.1, 0.15) is 39.2 Å². The van der Waals surface area contributed by atoms with Crippen molar-refractivity contribution in [1.29, 1.82) is 0 Å². The Hall–Kier alpha value is -2.10. The van der Waals surface area contributed by atoms with Crippen LogP contribution in [0.3, 0.4) is 0 Å². The van der Waals surface area contributed by atoms with Gasteiger partial charge in [0.25, 0.3) is 0 Å². The third-order valence-corrected chi connectivity index (χ3v) is 7.79. The highest BCUT2D eigenvalue weighted by molar-refractivity contribution is 7.89. The van der Waals surface area contributed by atoms with E-state index in [-0.39, 0.29) is 35.9 Å². The van der Waals surface area contributed by atoms with E-state index < -0.39 is 15.6 Å². The van der Waals surface area contributed by atoms with Crippen molar-refractivity contribution in [2.24, 2.45) is 5.92 Å². The molecule has 0 aromatic heterocycles. The maximum Gasteiger partial charge on any atom is 0.410 e. The number of hydrogen-bond donors (Lipinski definition) is 0. The van der Waals surface area contributed by atoms with Gasteiger partial charge in [0.2, 0.25) is 15.9 Å². The number of ether oxygens (including phenoxy) is 1. The second-order valence-corrected chi connectivity index (χ2v) is 11.6. The van der Waals surface area contributed by atoms with Gasteiger partial charge < -0.3 is 14.5 Å². The van der Waals surface area contributed by atoms with Gasteiger partial charge in [0.15, 0.2) is 0 Å². The summed E-state index contributed by atoms with van der Waals surface area (Å²) in [5.74, 6) is 0.0828. The first-order valence-electron chi connectivity index (χ1n) is 11.1. The molecule has 10 heteroatoms. The Kier molecular flexibility index (Phi) is 8.08. The number of piperazine rings is 1. The standard InChI is InChI=1S/C23H32ClN3O5S/c1-23(2,3)32-22(29)25-12-9-19(10-13-25)16-26-14-15-27(17-21(26)28)33(30,31)20-6-4-18(5-7-20)8-11-24/h4-8,11,19H,9-10,12-17H2,1-3H3. The highest BCUT2D eigenvalue weighted by Crippen LogP contribution is 2.23. The molecule has 3 rings (SSSR count). The predicted octanol–water partition coefficient (Wildman–Crippen LogP) is 3.38. The van der Waals surface area contributed by atoms with E-state index in [1.807, 2.05) is 20.8 Å². The van der Waals surface area contributed by atoms with Crippen LogP contribution in [-0.4, -0.2) is 79.4 Å². The molecule has 2 fully saturated rings. The molecule has 2 saturated heterocycles. The summed E-state index contributed by atoms with van der Waals surface area (Å²) in [6.45, 7) is 7.75. The first kappa shape index (κ1) is 25.5. The van der Waals surface area contributed by atoms with Crippen LogP contribution < -0.4 is 0 Å². The van der Waals surface area contributed by atoms with Crippen LogP contribution in [-0.2, 0) is 19.6 Å². The first-order chi connectivity index (χ1) is 15.5. The van der Waals surface area contributed by atoms with E-state index in [0.717, 1.165) is 18.4 Å². The summed E-state index contributed by atoms with van der Waals surface area (Å²) in [6.07, 6.45) is 2.93. The average molecular weight is 498 g/mol. The van der Waals surface area contributed by atoms with Crippen molar-refractivity contribution >= 4 is 39.7 Å². The van der Waals surface area contributed by atoms with Crippen molar-refractivity contribution in [1.82, 2.24) is 14.1 Å². The molecule has 0 saturated carbocycles. The molecule has 8 nitrogen and oxygen atoms in total. The smallest absolute Gasteiger partial charge is 0.410 e. The monoisotopic (exact) mass is 497 g/mol. The van der Waals surface area contributed by atoms with E-state index in [1.165, 1.54) is 22.0 Å². The fourth-order valence-corrected chi connectivity index (χ4v) is 5.52. The molecule has 0 radical (unpaired) electrons. The average Bonchev–Trinajstić information content (AvgIpc) is 2.75. The van der Waals surface area contributed by atoms with E-state index in [9.17, 15) is 18.0 Å². The molecule has 0 unspecified atom stereocenters. The van der Waals surface area contributed by atoms with Crippen molar-refractivity contribution in [3.63, 3.8) is 0 Å². The fraction of sp³-hybridized carbons (Fsp3) is 0.565. The van der Waals surface area contributed by atoms with Crippen molar-refractivity contribution in [3.05, 3.63) is 35.4 Å². The van der Waals surface area contributed by atoms with Crippen LogP contribution in [0.15, 0.2) is 34.7 Å². The molecule has 2 heterocycles. The lowest BCUT2D eigenvalue weighted by molar-refractivity contribution is -0.135. The molecule has 0 spiro atoms. The maximum atomic E-state index is 13.0. The highest BCUT2D eigenvalue weighted by atomic mass is 35.5. The van der Waals surface area contributed by atoms with Gasteiger partial charge in [0, 0.05) is 38.3 Å². The first-order valence-corrected chi connectivity index (χ1v) is 13.0. The SMILES string of the molecule is CC(C)(C)OC(=O)N1CCC(CN2CCN(S(=O)(=O)c3ccc(C=CCl)cc3)CC2=O)CC1. The number of likely N-dealkylation sites (tertiary alicyclic amines) is 1. The maximum absolute atomic E-state index is 13.0. The molecule has 0 N–H and O–H groups in total. The van der Waals surface area contributed by atoms with Gasteiger partial charge in [-0.1, -0.05) is 23.7 Å². The number of hydrogen-bond acceptors (Lipinski definition) is 5. The molecule has 1 aromatic carbocycles. The van der Waals surface area contributed by atoms with Crippen molar-refractivity contribution in [2.75, 3.05) is 39.3 Å². The van der Waals surface area contributed by atoms with Gasteiger partial charge in [-0.25, -0.2) is 13.2 Å². The summed E-state index contributed by atoms with van der Waals surface area (Å²) >= 11 is 5.56. The summed E-state index contributed by atoms with van der Waals surface area (Å²) in [4.78, 5) is 28.6. The number of carbonyl (C=O) groups excluding carboxylic acids is 2. The Labute approximate surface area is 201 Å². The van der Waals surface area contributed by atoms with E-state index in [2.05, 4.69) is 0 Å². The molecular formula is C23H32ClN3O5S. The van der Waals surface area contributed by atoms with Crippen LogP contribution in [0, 0.1) is 5.92 Å². The van der Waals surface area contributed by atoms with Gasteiger partial charge in [0.1, 0.15) is 5.60 Å². The third-order valence-electron chi connectivity index (χ3n) is 5.80. The Morgan fingerprint density at radius 1 is 1.12 bits per heavy atom. The van der Waals surface area contributed by atoms with Gasteiger partial charge in [-0.2, -0.15) is 4.31 Å². The lowest BCUT2D eigenvalue weighted by atomic mass is 9.96. The largest absolute Gasteiger partial charge is 0.444 e. The summed E-state index contributed by atoms with van der Waals surface area (Å²) < 4.78 is 32.6. The molecule has 0 bridgehead atoms. The molecule has 33 heavy (non-hydrogen) atoms. The summed E-state index contributed by atoms with van der Waals surface area (Å²) in [5.41, 5.74) is 1.63. The normalized spacial score (nSPS) is 19.3. The Morgan fingerprint density at radius 3 is 2.30 bits per heavy atom. The van der Waals surface area contributed by atoms with Crippen molar-refractivity contribution in [2.45, 2.75) is 44.1 Å². The fourth-order valence-electron chi connectivity index (χ4n) is 3.99. The van der Waals surface area contributed by atoms with Crippen LogP contribution >= 0.6 is 11.6 Å². The minimum absolute atomic E-state index is 0.157. The number of nitrogens with zero attached hydrogens (tertiary/aromatic N) is 3. The number of carbonyl (C=O) groups is 2. The molecule has 2 aliphatic rings. The van der Waals surface area contributed by atoms with Crippen LogP contribution in [0.5, 0.6) is 0 Å². The molecular weight excluding hydrogens is 466 g/mol. The Bertz CT molecular complexity index is 980. The van der Waals surface area contributed by atoms with Crippen LogP contribution in [0.25, 0.3) is 6.08 Å². The number of benzene rings is 1. The van der Waals surface area contributed by atoms with Gasteiger partial charge in [-0.15, -0.1) is 0 Å². The highest BCUT2D eigenvalue weighted by Gasteiger charge is 2.34. The molecule has 1 aromatic rings. The van der Waals surface area contributed by atoms with E-state index in [0.29, 0.717) is 26.2 Å². The molecule has 182 valence electrons. The lowest BCUT2D eigenvalue weighted by Crippen LogP contribution is -2.53. The van der Waals surface area contributed by atoms with Crippen LogP contribution in [0.2, 0.25) is 0 Å². The van der Waals surface area contributed by atoms with Crippen molar-refractivity contribution in [3.8, 4) is 0 Å². The van der Waals surface area contributed by atoms with Gasteiger partial charge in [-0.05, 0) is 63.3 Å². The molecule has 0 atom stereocenters. The predicted molar refractivity (Wildman–Crippen MR) is 127 cm³/mol. The van der Waals surface area contributed by atoms with E-state index in [4.69, 9.17) is 16.3 Å². The van der Waals surface area contributed by atoms with Gasteiger partial charge >= 0.3 is 6.09 Å². The summed E-state index contributed by atoms with van der Waals surface area (Å²) in [5, 5.41) is 0. The second-order valence-electron chi connectivity index (χ2n) is 9.45. The number of sulfonamides is 1. The van der Waals surface area contributed by atoms with E-state index >= 15 is 0 Å². The van der Waals surface area contributed by atoms with Crippen LogP contribution in [0.4, 0.5) is 4.79 Å². The number of piperidine rings is 1. The zero-order chi connectivity index (χ0) is 24.2. The zero-order valence-electron chi connectivity index (χ0n) is 19.4. The van der Waals surface area contributed by atoms with Crippen molar-refractivity contribution < 1.29 is 22.7 Å². The minimum atomic E-state index is -3.74. The molecule has 0 aliphatic carbocycles. The zero-order valence-corrected chi connectivity index (χ0v) is 20.9. The van der Waals surface area contributed by atoms with E-state index in [1.54, 1.807) is 28.0 Å². The second kappa shape index (κ2) is 10.4. The summed E-state index contributed by atoms with van der Waals surface area (Å²) in [6, 6.07) is 6.40. The lowest BCUT2D eigenvalue weighted by Gasteiger charge is -2.38.